The lowest BCUT2D eigenvalue weighted by Crippen LogP contribution is -2.53. The first-order valence-electron chi connectivity index (χ1n) is 7.85. The van der Waals surface area contributed by atoms with Gasteiger partial charge < -0.3 is 9.64 Å². The number of hydrogen-bond donors (Lipinski definition) is 0. The number of rotatable bonds is 3. The van der Waals surface area contributed by atoms with Crippen molar-refractivity contribution in [1.82, 2.24) is 9.80 Å². The molecule has 1 aromatic rings. The molecule has 1 heterocycles. The smallest absolute Gasteiger partial charge is 0.410 e. The molecular formula is C18H23ClN2O3. The van der Waals surface area contributed by atoms with E-state index >= 15 is 0 Å². The lowest BCUT2D eigenvalue weighted by atomic mass is 10.1. The third-order valence-electron chi connectivity index (χ3n) is 3.60. The van der Waals surface area contributed by atoms with Crippen LogP contribution in [0.3, 0.4) is 0 Å². The van der Waals surface area contributed by atoms with Gasteiger partial charge in [-0.3, -0.25) is 9.69 Å². The van der Waals surface area contributed by atoms with Crippen molar-refractivity contribution in [3.8, 4) is 0 Å². The number of halogens is 1. The van der Waals surface area contributed by atoms with Crippen LogP contribution in [0.25, 0.3) is 5.57 Å². The lowest BCUT2D eigenvalue weighted by Gasteiger charge is -2.35. The average Bonchev–Trinajstić information content (AvgIpc) is 2.48. The number of carbonyl (C=O) groups excluding carboxylic acids is 2. The van der Waals surface area contributed by atoms with Crippen LogP contribution >= 0.6 is 11.6 Å². The Morgan fingerprint density at radius 2 is 1.88 bits per heavy atom. The van der Waals surface area contributed by atoms with Crippen molar-refractivity contribution < 1.29 is 14.3 Å². The van der Waals surface area contributed by atoms with E-state index in [1.165, 1.54) is 4.90 Å². The minimum Gasteiger partial charge on any atom is -0.444 e. The van der Waals surface area contributed by atoms with E-state index in [1.54, 1.807) is 37.8 Å². The van der Waals surface area contributed by atoms with Gasteiger partial charge in [0, 0.05) is 24.7 Å². The van der Waals surface area contributed by atoms with Crippen molar-refractivity contribution in [2.24, 2.45) is 0 Å². The number of amides is 2. The highest BCUT2D eigenvalue weighted by molar-refractivity contribution is 6.30. The molecule has 6 heteroatoms. The third-order valence-corrected chi connectivity index (χ3v) is 3.86. The highest BCUT2D eigenvalue weighted by Gasteiger charge is 2.30. The van der Waals surface area contributed by atoms with E-state index in [0.29, 0.717) is 24.7 Å². The first-order chi connectivity index (χ1) is 11.2. The third kappa shape index (κ3) is 4.99. The fraction of sp³-hybridized carbons (Fsp3) is 0.444. The zero-order valence-electron chi connectivity index (χ0n) is 14.3. The van der Waals surface area contributed by atoms with Crippen LogP contribution in [0.15, 0.2) is 30.8 Å². The number of benzene rings is 1. The second-order valence-electron chi connectivity index (χ2n) is 6.83. The summed E-state index contributed by atoms with van der Waals surface area (Å²) in [7, 11) is 0. The quantitative estimate of drug-likeness (QED) is 0.839. The number of ether oxygens (including phenoxy) is 1. The van der Waals surface area contributed by atoms with E-state index in [0.717, 1.165) is 11.1 Å². The summed E-state index contributed by atoms with van der Waals surface area (Å²) in [6, 6.07) is 7.35. The van der Waals surface area contributed by atoms with Gasteiger partial charge >= 0.3 is 6.09 Å². The van der Waals surface area contributed by atoms with Gasteiger partial charge in [0.05, 0.1) is 0 Å². The average molecular weight is 351 g/mol. The molecule has 130 valence electrons. The summed E-state index contributed by atoms with van der Waals surface area (Å²) < 4.78 is 5.31. The second-order valence-corrected chi connectivity index (χ2v) is 7.26. The van der Waals surface area contributed by atoms with E-state index in [9.17, 15) is 9.59 Å². The Kier molecular flexibility index (Phi) is 5.54. The number of nitrogens with zero attached hydrogens (tertiary/aromatic N) is 2. The molecule has 5 nitrogen and oxygen atoms in total. The fourth-order valence-corrected chi connectivity index (χ4v) is 2.49. The Morgan fingerprint density at radius 1 is 1.25 bits per heavy atom. The lowest BCUT2D eigenvalue weighted by molar-refractivity contribution is -0.135. The molecule has 1 aliphatic rings. The summed E-state index contributed by atoms with van der Waals surface area (Å²) in [5.41, 5.74) is 1.22. The maximum atomic E-state index is 12.3. The maximum absolute atomic E-state index is 12.3. The van der Waals surface area contributed by atoms with Gasteiger partial charge in [-0.2, -0.15) is 0 Å². The van der Waals surface area contributed by atoms with Crippen LogP contribution in [-0.2, 0) is 9.53 Å². The molecule has 0 saturated carbocycles. The van der Waals surface area contributed by atoms with Crippen molar-refractivity contribution in [2.75, 3.05) is 26.2 Å². The fourth-order valence-electron chi connectivity index (χ4n) is 2.37. The Morgan fingerprint density at radius 3 is 2.42 bits per heavy atom. The molecule has 2 amide bonds. The molecule has 0 atom stereocenters. The van der Waals surface area contributed by atoms with Crippen molar-refractivity contribution in [2.45, 2.75) is 26.4 Å². The standard InChI is InChI=1S/C18H23ClN2O3/c1-13(14-5-7-15(19)8-6-14)11-20-9-10-21(12-16(20)22)17(23)24-18(2,3)4/h5-8H,1,9-12H2,2-4H3. The first kappa shape index (κ1) is 18.3. The van der Waals surface area contributed by atoms with E-state index in [2.05, 4.69) is 6.58 Å². The van der Waals surface area contributed by atoms with Crippen molar-refractivity contribution >= 4 is 29.2 Å². The molecule has 0 spiro atoms. The summed E-state index contributed by atoms with van der Waals surface area (Å²) in [5, 5.41) is 0.661. The van der Waals surface area contributed by atoms with Gasteiger partial charge in [0.15, 0.2) is 0 Å². The van der Waals surface area contributed by atoms with E-state index in [-0.39, 0.29) is 12.5 Å². The predicted molar refractivity (Wildman–Crippen MR) is 94.9 cm³/mol. The normalized spacial score (nSPS) is 15.4. The molecule has 1 fully saturated rings. The van der Waals surface area contributed by atoms with E-state index in [4.69, 9.17) is 16.3 Å². The monoisotopic (exact) mass is 350 g/mol. The number of hydrogen-bond acceptors (Lipinski definition) is 3. The Labute approximate surface area is 147 Å². The van der Waals surface area contributed by atoms with Crippen LogP contribution in [-0.4, -0.2) is 53.6 Å². The van der Waals surface area contributed by atoms with E-state index < -0.39 is 11.7 Å². The van der Waals surface area contributed by atoms with E-state index in [1.807, 2.05) is 12.1 Å². The van der Waals surface area contributed by atoms with Crippen LogP contribution < -0.4 is 0 Å². The molecule has 0 bridgehead atoms. The second kappa shape index (κ2) is 7.26. The summed E-state index contributed by atoms with van der Waals surface area (Å²) in [6.07, 6.45) is -0.452. The van der Waals surface area contributed by atoms with Crippen LogP contribution in [0.5, 0.6) is 0 Å². The largest absolute Gasteiger partial charge is 0.444 e. The van der Waals surface area contributed by atoms with Gasteiger partial charge in [-0.05, 0) is 44.0 Å². The molecule has 2 rings (SSSR count). The Balaban J connectivity index is 1.92. The van der Waals surface area contributed by atoms with Crippen molar-refractivity contribution in [3.05, 3.63) is 41.4 Å². The molecule has 1 aromatic carbocycles. The van der Waals surface area contributed by atoms with Gasteiger partial charge in [-0.25, -0.2) is 4.79 Å². The SMILES string of the molecule is C=C(CN1CCN(C(=O)OC(C)(C)C)CC1=O)c1ccc(Cl)cc1. The minimum atomic E-state index is -0.569. The van der Waals surface area contributed by atoms with Crippen LogP contribution in [0, 0.1) is 0 Å². The number of carbonyl (C=O) groups is 2. The molecule has 0 N–H and O–H groups in total. The van der Waals surface area contributed by atoms with Crippen LogP contribution in [0.4, 0.5) is 4.79 Å². The molecule has 0 unspecified atom stereocenters. The molecule has 0 aromatic heterocycles. The molecule has 1 saturated heterocycles. The summed E-state index contributed by atoms with van der Waals surface area (Å²) >= 11 is 5.88. The number of piperazine rings is 1. The maximum Gasteiger partial charge on any atom is 0.410 e. The van der Waals surface area contributed by atoms with Gasteiger partial charge in [-0.1, -0.05) is 30.3 Å². The molecule has 24 heavy (non-hydrogen) atoms. The van der Waals surface area contributed by atoms with Gasteiger partial charge in [0.25, 0.3) is 0 Å². The Bertz CT molecular complexity index is 635. The Hall–Kier alpha value is -2.01. The molecule has 0 aliphatic carbocycles. The van der Waals surface area contributed by atoms with Crippen molar-refractivity contribution in [1.29, 1.82) is 0 Å². The van der Waals surface area contributed by atoms with Crippen LogP contribution in [0.1, 0.15) is 26.3 Å². The minimum absolute atomic E-state index is 0.0306. The highest BCUT2D eigenvalue weighted by Crippen LogP contribution is 2.19. The molecular weight excluding hydrogens is 328 g/mol. The molecule has 0 radical (unpaired) electrons. The zero-order valence-corrected chi connectivity index (χ0v) is 15.1. The summed E-state index contributed by atoms with van der Waals surface area (Å²) in [5.74, 6) is -0.109. The highest BCUT2D eigenvalue weighted by atomic mass is 35.5. The predicted octanol–water partition coefficient (Wildman–Crippen LogP) is 3.43. The molecule has 1 aliphatic heterocycles. The topological polar surface area (TPSA) is 49.9 Å². The first-order valence-corrected chi connectivity index (χ1v) is 8.23. The van der Waals surface area contributed by atoms with Gasteiger partial charge in [0.1, 0.15) is 12.1 Å². The summed E-state index contributed by atoms with van der Waals surface area (Å²) in [4.78, 5) is 27.5. The summed E-state index contributed by atoms with van der Waals surface area (Å²) in [6.45, 7) is 10.8. The van der Waals surface area contributed by atoms with Gasteiger partial charge in [-0.15, -0.1) is 0 Å². The van der Waals surface area contributed by atoms with Crippen LogP contribution in [0.2, 0.25) is 5.02 Å². The van der Waals surface area contributed by atoms with Gasteiger partial charge in [0.2, 0.25) is 5.91 Å². The zero-order chi connectivity index (χ0) is 17.9. The van der Waals surface area contributed by atoms with Crippen molar-refractivity contribution in [3.63, 3.8) is 0 Å².